The third-order valence-corrected chi connectivity index (χ3v) is 4.20. The third kappa shape index (κ3) is 5.30. The maximum Gasteiger partial charge on any atom is 0.119 e. The zero-order chi connectivity index (χ0) is 14.9. The SMILES string of the molecule is NCc1cccc(OCCCN2CCCCCC2CO)c1. The zero-order valence-corrected chi connectivity index (χ0v) is 12.8. The summed E-state index contributed by atoms with van der Waals surface area (Å²) in [5, 5.41) is 9.49. The van der Waals surface area contributed by atoms with Gasteiger partial charge >= 0.3 is 0 Å². The molecule has 4 heteroatoms. The molecule has 1 aromatic carbocycles. The minimum absolute atomic E-state index is 0.277. The molecule has 0 aromatic heterocycles. The smallest absolute Gasteiger partial charge is 0.119 e. The van der Waals surface area contributed by atoms with Crippen LogP contribution in [-0.4, -0.2) is 42.4 Å². The summed E-state index contributed by atoms with van der Waals surface area (Å²) in [6, 6.07) is 8.31. The average Bonchev–Trinajstić information content (AvgIpc) is 2.76. The number of hydrogen-bond donors (Lipinski definition) is 2. The Labute approximate surface area is 127 Å². The molecule has 2 rings (SSSR count). The molecule has 1 aromatic rings. The maximum atomic E-state index is 9.49. The van der Waals surface area contributed by atoms with Crippen LogP contribution in [0.2, 0.25) is 0 Å². The molecule has 0 saturated carbocycles. The highest BCUT2D eigenvalue weighted by Crippen LogP contribution is 2.17. The van der Waals surface area contributed by atoms with Crippen molar-refractivity contribution in [3.63, 3.8) is 0 Å². The van der Waals surface area contributed by atoms with Crippen LogP contribution in [0.3, 0.4) is 0 Å². The van der Waals surface area contributed by atoms with Crippen LogP contribution in [0.1, 0.15) is 37.7 Å². The van der Waals surface area contributed by atoms with Gasteiger partial charge in [-0.05, 0) is 43.5 Å². The van der Waals surface area contributed by atoms with E-state index in [-0.39, 0.29) is 6.61 Å². The van der Waals surface area contributed by atoms with Crippen molar-refractivity contribution in [3.05, 3.63) is 29.8 Å². The zero-order valence-electron chi connectivity index (χ0n) is 12.8. The van der Waals surface area contributed by atoms with Gasteiger partial charge in [-0.1, -0.05) is 25.0 Å². The van der Waals surface area contributed by atoms with Crippen LogP contribution in [0, 0.1) is 0 Å². The van der Waals surface area contributed by atoms with Gasteiger partial charge in [0.15, 0.2) is 0 Å². The van der Waals surface area contributed by atoms with Crippen LogP contribution >= 0.6 is 0 Å². The van der Waals surface area contributed by atoms with Gasteiger partial charge in [-0.15, -0.1) is 0 Å². The molecule has 0 amide bonds. The Morgan fingerprint density at radius 3 is 3.00 bits per heavy atom. The standard InChI is InChI=1S/C17H28N2O2/c18-13-15-6-4-8-17(12-15)21-11-5-10-19-9-3-1-2-7-16(19)14-20/h4,6,8,12,16,20H,1-3,5,7,9-11,13-14,18H2. The Morgan fingerprint density at radius 1 is 1.29 bits per heavy atom. The average molecular weight is 292 g/mol. The lowest BCUT2D eigenvalue weighted by molar-refractivity contribution is 0.118. The van der Waals surface area contributed by atoms with Crippen LogP contribution in [0.4, 0.5) is 0 Å². The molecule has 4 nitrogen and oxygen atoms in total. The van der Waals surface area contributed by atoms with E-state index in [1.807, 2.05) is 24.3 Å². The van der Waals surface area contributed by atoms with Crippen LogP contribution in [0.25, 0.3) is 0 Å². The fourth-order valence-electron chi connectivity index (χ4n) is 2.96. The molecule has 118 valence electrons. The summed E-state index contributed by atoms with van der Waals surface area (Å²) in [4.78, 5) is 2.42. The van der Waals surface area contributed by atoms with Gasteiger partial charge in [0.1, 0.15) is 5.75 Å². The van der Waals surface area contributed by atoms with Gasteiger partial charge in [0, 0.05) is 19.1 Å². The first-order valence-corrected chi connectivity index (χ1v) is 8.10. The Balaban J connectivity index is 1.72. The van der Waals surface area contributed by atoms with Gasteiger partial charge in [0.2, 0.25) is 0 Å². The van der Waals surface area contributed by atoms with Crippen molar-refractivity contribution in [1.82, 2.24) is 4.90 Å². The fourth-order valence-corrected chi connectivity index (χ4v) is 2.96. The second-order valence-corrected chi connectivity index (χ2v) is 5.78. The van der Waals surface area contributed by atoms with Crippen LogP contribution in [-0.2, 0) is 6.54 Å². The predicted molar refractivity (Wildman–Crippen MR) is 85.4 cm³/mol. The van der Waals surface area contributed by atoms with Gasteiger partial charge in [0.05, 0.1) is 13.2 Å². The van der Waals surface area contributed by atoms with E-state index in [1.165, 1.54) is 19.3 Å². The second kappa shape index (κ2) is 9.03. The molecular weight excluding hydrogens is 264 g/mol. The molecule has 1 atom stereocenters. The molecular formula is C17H28N2O2. The summed E-state index contributed by atoms with van der Waals surface area (Å²) >= 11 is 0. The monoisotopic (exact) mass is 292 g/mol. The van der Waals surface area contributed by atoms with E-state index in [0.717, 1.165) is 37.2 Å². The lowest BCUT2D eigenvalue weighted by Gasteiger charge is -2.28. The number of benzene rings is 1. The van der Waals surface area contributed by atoms with Gasteiger partial charge in [-0.25, -0.2) is 0 Å². The van der Waals surface area contributed by atoms with Gasteiger partial charge < -0.3 is 15.6 Å². The molecule has 1 aliphatic heterocycles. The number of aliphatic hydroxyl groups excluding tert-OH is 1. The molecule has 0 bridgehead atoms. The van der Waals surface area contributed by atoms with E-state index >= 15 is 0 Å². The second-order valence-electron chi connectivity index (χ2n) is 5.78. The van der Waals surface area contributed by atoms with Crippen molar-refractivity contribution in [3.8, 4) is 5.75 Å². The summed E-state index contributed by atoms with van der Waals surface area (Å²) in [5.74, 6) is 0.896. The number of hydrogen-bond acceptors (Lipinski definition) is 4. The number of rotatable bonds is 7. The molecule has 21 heavy (non-hydrogen) atoms. The minimum atomic E-state index is 0.277. The molecule has 1 heterocycles. The van der Waals surface area contributed by atoms with Crippen LogP contribution in [0.5, 0.6) is 5.75 Å². The Bertz CT molecular complexity index is 412. The van der Waals surface area contributed by atoms with E-state index < -0.39 is 0 Å². The van der Waals surface area contributed by atoms with E-state index in [1.54, 1.807) is 0 Å². The van der Waals surface area contributed by atoms with Crippen LogP contribution in [0.15, 0.2) is 24.3 Å². The summed E-state index contributed by atoms with van der Waals surface area (Å²) in [7, 11) is 0. The molecule has 1 aliphatic rings. The number of nitrogens with two attached hydrogens (primary N) is 1. The quantitative estimate of drug-likeness (QED) is 0.756. The summed E-state index contributed by atoms with van der Waals surface area (Å²) in [6.45, 7) is 3.64. The van der Waals surface area contributed by atoms with Gasteiger partial charge in [-0.2, -0.15) is 0 Å². The van der Waals surface area contributed by atoms with Crippen molar-refractivity contribution in [2.75, 3.05) is 26.3 Å². The van der Waals surface area contributed by atoms with E-state index in [2.05, 4.69) is 4.90 Å². The highest BCUT2D eigenvalue weighted by atomic mass is 16.5. The molecule has 1 unspecified atom stereocenters. The number of ether oxygens (including phenoxy) is 1. The summed E-state index contributed by atoms with van der Waals surface area (Å²) in [5.41, 5.74) is 6.73. The first-order chi connectivity index (χ1) is 10.3. The van der Waals surface area contributed by atoms with Crippen molar-refractivity contribution < 1.29 is 9.84 Å². The van der Waals surface area contributed by atoms with Crippen LogP contribution < -0.4 is 10.5 Å². The first kappa shape index (κ1) is 16.3. The van der Waals surface area contributed by atoms with E-state index in [9.17, 15) is 5.11 Å². The minimum Gasteiger partial charge on any atom is -0.494 e. The lowest BCUT2D eigenvalue weighted by atomic mass is 10.1. The number of nitrogens with zero attached hydrogens (tertiary/aromatic N) is 1. The lowest BCUT2D eigenvalue weighted by Crippen LogP contribution is -2.38. The molecule has 0 spiro atoms. The Kier molecular flexibility index (Phi) is 7.00. The number of likely N-dealkylation sites (tertiary alicyclic amines) is 1. The Morgan fingerprint density at radius 2 is 2.19 bits per heavy atom. The Hall–Kier alpha value is -1.10. The third-order valence-electron chi connectivity index (χ3n) is 4.20. The first-order valence-electron chi connectivity index (χ1n) is 8.10. The van der Waals surface area contributed by atoms with Crippen molar-refractivity contribution in [2.45, 2.75) is 44.7 Å². The molecule has 1 fully saturated rings. The van der Waals surface area contributed by atoms with Gasteiger partial charge in [0.25, 0.3) is 0 Å². The van der Waals surface area contributed by atoms with Crippen molar-refractivity contribution in [2.24, 2.45) is 5.73 Å². The molecule has 0 radical (unpaired) electrons. The maximum absolute atomic E-state index is 9.49. The predicted octanol–water partition coefficient (Wildman–Crippen LogP) is 2.15. The molecule has 3 N–H and O–H groups in total. The summed E-state index contributed by atoms with van der Waals surface area (Å²) in [6.07, 6.45) is 5.88. The van der Waals surface area contributed by atoms with Crippen molar-refractivity contribution >= 4 is 0 Å². The molecule has 0 aliphatic carbocycles. The van der Waals surface area contributed by atoms with E-state index in [4.69, 9.17) is 10.5 Å². The van der Waals surface area contributed by atoms with Crippen molar-refractivity contribution in [1.29, 1.82) is 0 Å². The largest absolute Gasteiger partial charge is 0.494 e. The highest BCUT2D eigenvalue weighted by Gasteiger charge is 2.19. The summed E-state index contributed by atoms with van der Waals surface area (Å²) < 4.78 is 5.79. The van der Waals surface area contributed by atoms with E-state index in [0.29, 0.717) is 19.2 Å². The van der Waals surface area contributed by atoms with Gasteiger partial charge in [-0.3, -0.25) is 4.90 Å². The topological polar surface area (TPSA) is 58.7 Å². The molecule has 1 saturated heterocycles. The normalized spacial score (nSPS) is 20.2. The number of aliphatic hydroxyl groups is 1. The fraction of sp³-hybridized carbons (Fsp3) is 0.647. The highest BCUT2D eigenvalue weighted by molar-refractivity contribution is 5.28.